The van der Waals surface area contributed by atoms with Gasteiger partial charge in [0, 0.05) is 11.9 Å². The van der Waals surface area contributed by atoms with Crippen LogP contribution in [0.2, 0.25) is 5.02 Å². The number of benzene rings is 1. The number of rotatable bonds is 3. The molecule has 0 atom stereocenters. The Bertz CT molecular complexity index is 583. The van der Waals surface area contributed by atoms with E-state index in [-0.39, 0.29) is 17.3 Å². The van der Waals surface area contributed by atoms with Crippen molar-refractivity contribution in [2.24, 2.45) is 5.73 Å². The maximum absolute atomic E-state index is 12.6. The highest BCUT2D eigenvalue weighted by Gasteiger charge is 2.31. The first kappa shape index (κ1) is 14.1. The minimum Gasteiger partial charge on any atom is -0.330 e. The maximum atomic E-state index is 12.6. The molecule has 0 saturated heterocycles. The van der Waals surface area contributed by atoms with E-state index in [9.17, 15) is 13.2 Å². The standard InChI is InChI=1S/C11H9ClF3N3S/c12-8-2-1-6(11(13,14)15)3-9(8)18-10-17-7(4-16)5-19-10/h1-3,5H,4,16H2,(H,17,18). The van der Waals surface area contributed by atoms with Gasteiger partial charge in [-0.2, -0.15) is 13.2 Å². The van der Waals surface area contributed by atoms with E-state index in [1.165, 1.54) is 17.4 Å². The van der Waals surface area contributed by atoms with Gasteiger partial charge < -0.3 is 11.1 Å². The molecule has 1 heterocycles. The van der Waals surface area contributed by atoms with E-state index in [0.717, 1.165) is 12.1 Å². The Hall–Kier alpha value is -1.31. The van der Waals surface area contributed by atoms with Gasteiger partial charge in [-0.1, -0.05) is 11.6 Å². The molecule has 0 fully saturated rings. The second kappa shape index (κ2) is 5.36. The predicted octanol–water partition coefficient (Wildman–Crippen LogP) is 4.02. The van der Waals surface area contributed by atoms with Crippen LogP contribution in [0.1, 0.15) is 11.3 Å². The molecule has 0 amide bonds. The fourth-order valence-corrected chi connectivity index (χ4v) is 2.27. The van der Waals surface area contributed by atoms with Gasteiger partial charge in [0.25, 0.3) is 0 Å². The summed E-state index contributed by atoms with van der Waals surface area (Å²) in [6.45, 7) is 0.272. The number of alkyl halides is 3. The van der Waals surface area contributed by atoms with Gasteiger partial charge in [0.1, 0.15) is 0 Å². The Morgan fingerprint density at radius 3 is 2.68 bits per heavy atom. The normalized spacial score (nSPS) is 11.6. The van der Waals surface area contributed by atoms with Gasteiger partial charge in [-0.25, -0.2) is 4.98 Å². The average Bonchev–Trinajstić information content (AvgIpc) is 2.78. The summed E-state index contributed by atoms with van der Waals surface area (Å²) < 4.78 is 37.8. The summed E-state index contributed by atoms with van der Waals surface area (Å²) in [7, 11) is 0. The Balaban J connectivity index is 2.28. The quantitative estimate of drug-likeness (QED) is 0.900. The summed E-state index contributed by atoms with van der Waals surface area (Å²) in [6, 6.07) is 3.08. The summed E-state index contributed by atoms with van der Waals surface area (Å²) in [6.07, 6.45) is -4.41. The van der Waals surface area contributed by atoms with Crippen LogP contribution in [-0.4, -0.2) is 4.98 Å². The van der Waals surface area contributed by atoms with Gasteiger partial charge in [-0.15, -0.1) is 11.3 Å². The van der Waals surface area contributed by atoms with Gasteiger partial charge in [0.15, 0.2) is 5.13 Å². The lowest BCUT2D eigenvalue weighted by atomic mass is 10.2. The SMILES string of the molecule is NCc1csc(Nc2cc(C(F)(F)F)ccc2Cl)n1. The van der Waals surface area contributed by atoms with Crippen molar-refractivity contribution >= 4 is 33.8 Å². The molecule has 0 saturated carbocycles. The van der Waals surface area contributed by atoms with E-state index in [1.807, 2.05) is 0 Å². The fourth-order valence-electron chi connectivity index (χ4n) is 1.37. The average molecular weight is 308 g/mol. The van der Waals surface area contributed by atoms with Crippen molar-refractivity contribution in [3.8, 4) is 0 Å². The number of nitrogens with zero attached hydrogens (tertiary/aromatic N) is 1. The highest BCUT2D eigenvalue weighted by atomic mass is 35.5. The van der Waals surface area contributed by atoms with Gasteiger partial charge in [-0.05, 0) is 18.2 Å². The van der Waals surface area contributed by atoms with Gasteiger partial charge in [0.05, 0.1) is 22.0 Å². The lowest BCUT2D eigenvalue weighted by Crippen LogP contribution is -2.05. The van der Waals surface area contributed by atoms with E-state index in [2.05, 4.69) is 10.3 Å². The smallest absolute Gasteiger partial charge is 0.330 e. The third-order valence-electron chi connectivity index (χ3n) is 2.30. The minimum atomic E-state index is -4.41. The molecule has 0 aliphatic heterocycles. The van der Waals surface area contributed by atoms with Crippen molar-refractivity contribution < 1.29 is 13.2 Å². The molecule has 0 bridgehead atoms. The van der Waals surface area contributed by atoms with Crippen LogP contribution in [0.5, 0.6) is 0 Å². The molecule has 0 unspecified atom stereocenters. The Morgan fingerprint density at radius 2 is 2.11 bits per heavy atom. The number of nitrogens with two attached hydrogens (primary N) is 1. The number of halogens is 4. The molecule has 0 aliphatic carbocycles. The van der Waals surface area contributed by atoms with Crippen LogP contribution in [-0.2, 0) is 12.7 Å². The van der Waals surface area contributed by atoms with Crippen LogP contribution in [0.15, 0.2) is 23.6 Å². The molecular formula is C11H9ClF3N3S. The first-order valence-electron chi connectivity index (χ1n) is 5.18. The third-order valence-corrected chi connectivity index (χ3v) is 3.43. The lowest BCUT2D eigenvalue weighted by molar-refractivity contribution is -0.137. The largest absolute Gasteiger partial charge is 0.416 e. The van der Waals surface area contributed by atoms with Gasteiger partial charge >= 0.3 is 6.18 Å². The number of nitrogens with one attached hydrogen (secondary N) is 1. The number of thiazole rings is 1. The second-order valence-electron chi connectivity index (χ2n) is 3.67. The molecular weight excluding hydrogens is 299 g/mol. The number of hydrogen-bond donors (Lipinski definition) is 2. The lowest BCUT2D eigenvalue weighted by Gasteiger charge is -2.10. The van der Waals surface area contributed by atoms with Crippen LogP contribution in [0.25, 0.3) is 0 Å². The highest BCUT2D eigenvalue weighted by molar-refractivity contribution is 7.13. The summed E-state index contributed by atoms with van der Waals surface area (Å²) in [5.74, 6) is 0. The number of aromatic nitrogens is 1. The molecule has 1 aromatic carbocycles. The molecule has 0 spiro atoms. The number of anilines is 2. The Morgan fingerprint density at radius 1 is 1.37 bits per heavy atom. The number of hydrogen-bond acceptors (Lipinski definition) is 4. The first-order valence-corrected chi connectivity index (χ1v) is 6.44. The summed E-state index contributed by atoms with van der Waals surface area (Å²) in [5.41, 5.74) is 5.46. The van der Waals surface area contributed by atoms with E-state index in [4.69, 9.17) is 17.3 Å². The van der Waals surface area contributed by atoms with Crippen molar-refractivity contribution in [1.29, 1.82) is 0 Å². The predicted molar refractivity (Wildman–Crippen MR) is 69.7 cm³/mol. The van der Waals surface area contributed by atoms with Crippen LogP contribution >= 0.6 is 22.9 Å². The maximum Gasteiger partial charge on any atom is 0.416 e. The zero-order valence-corrected chi connectivity index (χ0v) is 11.0. The fraction of sp³-hybridized carbons (Fsp3) is 0.182. The van der Waals surface area contributed by atoms with Gasteiger partial charge in [0.2, 0.25) is 0 Å². The summed E-state index contributed by atoms with van der Waals surface area (Å²) in [4.78, 5) is 4.10. The molecule has 1 aromatic heterocycles. The van der Waals surface area contributed by atoms with Crippen LogP contribution < -0.4 is 11.1 Å². The zero-order chi connectivity index (χ0) is 14.0. The topological polar surface area (TPSA) is 50.9 Å². The second-order valence-corrected chi connectivity index (χ2v) is 4.93. The molecule has 2 rings (SSSR count). The molecule has 0 aliphatic rings. The Kier molecular flexibility index (Phi) is 3.98. The van der Waals surface area contributed by atoms with E-state index in [1.54, 1.807) is 5.38 Å². The monoisotopic (exact) mass is 307 g/mol. The van der Waals surface area contributed by atoms with Crippen LogP contribution in [0.3, 0.4) is 0 Å². The van der Waals surface area contributed by atoms with Crippen molar-refractivity contribution in [1.82, 2.24) is 4.98 Å². The summed E-state index contributed by atoms with van der Waals surface area (Å²) >= 11 is 7.11. The van der Waals surface area contributed by atoms with E-state index < -0.39 is 11.7 Å². The molecule has 19 heavy (non-hydrogen) atoms. The molecule has 102 valence electrons. The molecule has 8 heteroatoms. The minimum absolute atomic E-state index is 0.161. The Labute approximate surface area is 116 Å². The third kappa shape index (κ3) is 3.37. The molecule has 3 N–H and O–H groups in total. The summed E-state index contributed by atoms with van der Waals surface area (Å²) in [5, 5.41) is 5.12. The van der Waals surface area contributed by atoms with Gasteiger partial charge in [-0.3, -0.25) is 0 Å². The zero-order valence-electron chi connectivity index (χ0n) is 9.46. The van der Waals surface area contributed by atoms with E-state index >= 15 is 0 Å². The van der Waals surface area contributed by atoms with Crippen LogP contribution in [0.4, 0.5) is 24.0 Å². The van der Waals surface area contributed by atoms with E-state index in [0.29, 0.717) is 10.8 Å². The molecule has 2 aromatic rings. The van der Waals surface area contributed by atoms with Crippen LogP contribution in [0, 0.1) is 0 Å². The highest BCUT2D eigenvalue weighted by Crippen LogP contribution is 2.35. The van der Waals surface area contributed by atoms with Crippen molar-refractivity contribution in [2.75, 3.05) is 5.32 Å². The van der Waals surface area contributed by atoms with Crippen molar-refractivity contribution in [3.05, 3.63) is 39.9 Å². The van der Waals surface area contributed by atoms with Crippen molar-refractivity contribution in [3.63, 3.8) is 0 Å². The molecule has 0 radical (unpaired) electrons. The first-order chi connectivity index (χ1) is 8.90. The van der Waals surface area contributed by atoms with Crippen molar-refractivity contribution in [2.45, 2.75) is 12.7 Å². The molecule has 3 nitrogen and oxygen atoms in total.